The normalized spacial score (nSPS) is 16.3. The van der Waals surface area contributed by atoms with Crippen LogP contribution in [0.4, 0.5) is 0 Å². The standard InChI is InChI=1S/C21H23N3O3S/c1-15(25)20-18(19(22-27-20)17-8-5-13-28-17)21(26)24-11-9-23(10-12-24)14-16-6-3-2-4-7-16/h2-8,13,15,25H,9-12,14H2,1H3. The third kappa shape index (κ3) is 3.87. The van der Waals surface area contributed by atoms with Crippen LogP contribution in [-0.2, 0) is 6.54 Å². The van der Waals surface area contributed by atoms with E-state index < -0.39 is 6.10 Å². The Kier molecular flexibility index (Phi) is 5.57. The second-order valence-corrected chi connectivity index (χ2v) is 7.93. The van der Waals surface area contributed by atoms with Crippen LogP contribution in [0.25, 0.3) is 10.6 Å². The highest BCUT2D eigenvalue weighted by Gasteiger charge is 2.31. The number of carbonyl (C=O) groups excluding carboxylic acids is 1. The predicted molar refractivity (Wildman–Crippen MR) is 108 cm³/mol. The highest BCUT2D eigenvalue weighted by Crippen LogP contribution is 2.33. The highest BCUT2D eigenvalue weighted by atomic mass is 32.1. The summed E-state index contributed by atoms with van der Waals surface area (Å²) >= 11 is 1.50. The SMILES string of the molecule is CC(O)c1onc(-c2cccs2)c1C(=O)N1CCN(Cc2ccccc2)CC1. The van der Waals surface area contributed by atoms with Gasteiger partial charge >= 0.3 is 0 Å². The van der Waals surface area contributed by atoms with Gasteiger partial charge in [0.1, 0.15) is 17.4 Å². The molecule has 1 aliphatic heterocycles. The molecule has 0 bridgehead atoms. The van der Waals surface area contributed by atoms with Gasteiger partial charge in [-0.05, 0) is 23.9 Å². The third-order valence-corrected chi connectivity index (χ3v) is 5.85. The van der Waals surface area contributed by atoms with Crippen LogP contribution in [0.15, 0.2) is 52.4 Å². The van der Waals surface area contributed by atoms with E-state index in [1.807, 2.05) is 40.6 Å². The summed E-state index contributed by atoms with van der Waals surface area (Å²) in [5.41, 5.74) is 2.18. The van der Waals surface area contributed by atoms with Gasteiger partial charge in [-0.15, -0.1) is 11.3 Å². The van der Waals surface area contributed by atoms with E-state index in [1.165, 1.54) is 16.9 Å². The number of piperazine rings is 1. The molecule has 1 amide bonds. The molecule has 3 heterocycles. The molecule has 4 rings (SSSR count). The summed E-state index contributed by atoms with van der Waals surface area (Å²) in [5, 5.41) is 16.1. The van der Waals surface area contributed by atoms with Crippen molar-refractivity contribution in [1.82, 2.24) is 15.0 Å². The zero-order valence-electron chi connectivity index (χ0n) is 15.7. The maximum atomic E-state index is 13.3. The lowest BCUT2D eigenvalue weighted by Gasteiger charge is -2.34. The van der Waals surface area contributed by atoms with E-state index in [9.17, 15) is 9.90 Å². The van der Waals surface area contributed by atoms with Crippen LogP contribution >= 0.6 is 11.3 Å². The molecule has 1 unspecified atom stereocenters. The monoisotopic (exact) mass is 397 g/mol. The summed E-state index contributed by atoms with van der Waals surface area (Å²) in [4.78, 5) is 18.3. The first-order valence-electron chi connectivity index (χ1n) is 9.40. The maximum absolute atomic E-state index is 13.3. The Morgan fingerprint density at radius 2 is 1.93 bits per heavy atom. The fraction of sp³-hybridized carbons (Fsp3) is 0.333. The summed E-state index contributed by atoms with van der Waals surface area (Å²) in [6, 6.07) is 14.2. The molecule has 1 aliphatic rings. The van der Waals surface area contributed by atoms with Crippen molar-refractivity contribution in [2.45, 2.75) is 19.6 Å². The lowest BCUT2D eigenvalue weighted by atomic mass is 10.1. The quantitative estimate of drug-likeness (QED) is 0.714. The minimum absolute atomic E-state index is 0.125. The van der Waals surface area contributed by atoms with Crippen LogP contribution in [0.3, 0.4) is 0 Å². The molecule has 0 spiro atoms. The predicted octanol–water partition coefficient (Wildman–Crippen LogP) is 3.41. The third-order valence-electron chi connectivity index (χ3n) is 4.97. The largest absolute Gasteiger partial charge is 0.385 e. The average molecular weight is 398 g/mol. The van der Waals surface area contributed by atoms with E-state index in [0.29, 0.717) is 24.3 Å². The zero-order valence-corrected chi connectivity index (χ0v) is 16.6. The van der Waals surface area contributed by atoms with E-state index in [1.54, 1.807) is 6.92 Å². The van der Waals surface area contributed by atoms with Crippen molar-refractivity contribution in [3.05, 3.63) is 64.7 Å². The van der Waals surface area contributed by atoms with Gasteiger partial charge in [0.2, 0.25) is 0 Å². The molecule has 1 aromatic carbocycles. The van der Waals surface area contributed by atoms with E-state index in [-0.39, 0.29) is 11.7 Å². The Balaban J connectivity index is 1.49. The first-order chi connectivity index (χ1) is 13.6. The van der Waals surface area contributed by atoms with Crippen molar-refractivity contribution in [2.24, 2.45) is 0 Å². The number of nitrogens with zero attached hydrogens (tertiary/aromatic N) is 3. The number of aliphatic hydroxyl groups is 1. The number of amides is 1. The van der Waals surface area contributed by atoms with Crippen molar-refractivity contribution in [1.29, 1.82) is 0 Å². The van der Waals surface area contributed by atoms with Crippen molar-refractivity contribution in [3.8, 4) is 10.6 Å². The number of hydrogen-bond acceptors (Lipinski definition) is 6. The second-order valence-electron chi connectivity index (χ2n) is 6.98. The zero-order chi connectivity index (χ0) is 19.5. The molecule has 28 heavy (non-hydrogen) atoms. The van der Waals surface area contributed by atoms with Crippen LogP contribution in [0.5, 0.6) is 0 Å². The Morgan fingerprint density at radius 1 is 1.18 bits per heavy atom. The summed E-state index contributed by atoms with van der Waals surface area (Å²) in [6.07, 6.45) is -0.889. The summed E-state index contributed by atoms with van der Waals surface area (Å²) < 4.78 is 5.34. The van der Waals surface area contributed by atoms with Crippen LogP contribution in [0.2, 0.25) is 0 Å². The number of aliphatic hydroxyl groups excluding tert-OH is 1. The van der Waals surface area contributed by atoms with E-state index >= 15 is 0 Å². The highest BCUT2D eigenvalue weighted by molar-refractivity contribution is 7.13. The second kappa shape index (κ2) is 8.26. The van der Waals surface area contributed by atoms with E-state index in [2.05, 4.69) is 22.2 Å². The molecule has 146 valence electrons. The topological polar surface area (TPSA) is 69.8 Å². The van der Waals surface area contributed by atoms with Gasteiger partial charge in [0.25, 0.3) is 5.91 Å². The summed E-state index contributed by atoms with van der Waals surface area (Å²) in [7, 11) is 0. The van der Waals surface area contributed by atoms with Gasteiger partial charge < -0.3 is 14.5 Å². The number of hydrogen-bond donors (Lipinski definition) is 1. The van der Waals surface area contributed by atoms with Crippen molar-refractivity contribution >= 4 is 17.2 Å². The minimum atomic E-state index is -0.889. The molecule has 7 heteroatoms. The van der Waals surface area contributed by atoms with Crippen molar-refractivity contribution < 1.29 is 14.4 Å². The first-order valence-corrected chi connectivity index (χ1v) is 10.3. The van der Waals surface area contributed by atoms with Crippen LogP contribution in [0.1, 0.15) is 34.7 Å². The molecule has 1 atom stereocenters. The fourth-order valence-corrected chi connectivity index (χ4v) is 4.20. The van der Waals surface area contributed by atoms with E-state index in [0.717, 1.165) is 24.5 Å². The number of benzene rings is 1. The molecule has 0 aliphatic carbocycles. The number of carbonyl (C=O) groups is 1. The van der Waals surface area contributed by atoms with Gasteiger partial charge in [0, 0.05) is 32.7 Å². The molecule has 0 saturated carbocycles. The number of rotatable bonds is 5. The van der Waals surface area contributed by atoms with Gasteiger partial charge in [-0.2, -0.15) is 0 Å². The molecular weight excluding hydrogens is 374 g/mol. The van der Waals surface area contributed by atoms with Crippen molar-refractivity contribution in [2.75, 3.05) is 26.2 Å². The molecule has 0 radical (unpaired) electrons. The van der Waals surface area contributed by atoms with Gasteiger partial charge in [-0.25, -0.2) is 0 Å². The summed E-state index contributed by atoms with van der Waals surface area (Å²) in [5.74, 6) is 0.111. The molecule has 1 fully saturated rings. The number of thiophene rings is 1. The fourth-order valence-electron chi connectivity index (χ4n) is 3.48. The number of aromatic nitrogens is 1. The molecular formula is C21H23N3O3S. The van der Waals surface area contributed by atoms with Crippen LogP contribution in [-0.4, -0.2) is 52.1 Å². The van der Waals surface area contributed by atoms with Crippen molar-refractivity contribution in [3.63, 3.8) is 0 Å². The average Bonchev–Trinajstić information content (AvgIpc) is 3.38. The molecule has 2 aromatic heterocycles. The van der Waals surface area contributed by atoms with Gasteiger partial charge in [0.15, 0.2) is 5.76 Å². The Labute approximate surface area is 168 Å². The maximum Gasteiger partial charge on any atom is 0.259 e. The van der Waals surface area contributed by atoms with Gasteiger partial charge in [-0.1, -0.05) is 41.6 Å². The minimum Gasteiger partial charge on any atom is -0.385 e. The first kappa shape index (κ1) is 18.9. The summed E-state index contributed by atoms with van der Waals surface area (Å²) in [6.45, 7) is 5.37. The van der Waals surface area contributed by atoms with E-state index in [4.69, 9.17) is 4.52 Å². The lowest BCUT2D eigenvalue weighted by molar-refractivity contribution is 0.0619. The van der Waals surface area contributed by atoms with Crippen LogP contribution in [0, 0.1) is 0 Å². The van der Waals surface area contributed by atoms with Crippen LogP contribution < -0.4 is 0 Å². The Bertz CT molecular complexity index is 914. The molecule has 1 N–H and O–H groups in total. The smallest absolute Gasteiger partial charge is 0.259 e. The Hall–Kier alpha value is -2.48. The molecule has 1 saturated heterocycles. The Morgan fingerprint density at radius 3 is 2.57 bits per heavy atom. The van der Waals surface area contributed by atoms with Gasteiger partial charge in [0.05, 0.1) is 4.88 Å². The molecule has 6 nitrogen and oxygen atoms in total. The lowest BCUT2D eigenvalue weighted by Crippen LogP contribution is -2.48. The molecule has 3 aromatic rings. The van der Waals surface area contributed by atoms with Gasteiger partial charge in [-0.3, -0.25) is 9.69 Å².